The summed E-state index contributed by atoms with van der Waals surface area (Å²) < 4.78 is 39.2. The molecule has 0 spiro atoms. The van der Waals surface area contributed by atoms with Gasteiger partial charge in [-0.25, -0.2) is 13.1 Å². The van der Waals surface area contributed by atoms with Crippen LogP contribution in [0.1, 0.15) is 18.1 Å². The SMILES string of the molecule is CCc1ccccc1S(=O)(=O)NC1COc2c(cccc2OC)C1. The number of methoxy groups -OCH3 is 1. The maximum absolute atomic E-state index is 12.7. The Bertz CT molecular complexity index is 833. The Morgan fingerprint density at radius 3 is 2.75 bits per heavy atom. The Balaban J connectivity index is 1.82. The molecule has 128 valence electrons. The Kier molecular flexibility index (Phi) is 4.78. The Labute approximate surface area is 142 Å². The number of fused-ring (bicyclic) bond motifs is 1. The van der Waals surface area contributed by atoms with Gasteiger partial charge in [0.15, 0.2) is 11.5 Å². The molecule has 0 saturated heterocycles. The molecular weight excluding hydrogens is 326 g/mol. The van der Waals surface area contributed by atoms with Crippen LogP contribution in [0.3, 0.4) is 0 Å². The van der Waals surface area contributed by atoms with E-state index in [0.717, 1.165) is 11.1 Å². The van der Waals surface area contributed by atoms with E-state index in [0.29, 0.717) is 29.2 Å². The monoisotopic (exact) mass is 347 g/mol. The van der Waals surface area contributed by atoms with Crippen LogP contribution in [0.5, 0.6) is 11.5 Å². The third-order valence-electron chi connectivity index (χ3n) is 4.14. The lowest BCUT2D eigenvalue weighted by Crippen LogP contribution is -2.42. The number of sulfonamides is 1. The summed E-state index contributed by atoms with van der Waals surface area (Å²) in [5, 5.41) is 0. The van der Waals surface area contributed by atoms with Gasteiger partial charge >= 0.3 is 0 Å². The lowest BCUT2D eigenvalue weighted by Gasteiger charge is -2.27. The molecule has 0 aromatic heterocycles. The lowest BCUT2D eigenvalue weighted by molar-refractivity contribution is 0.240. The van der Waals surface area contributed by atoms with E-state index in [-0.39, 0.29) is 12.6 Å². The van der Waals surface area contributed by atoms with Crippen molar-refractivity contribution in [3.8, 4) is 11.5 Å². The number of rotatable bonds is 5. The number of hydrogen-bond donors (Lipinski definition) is 1. The predicted octanol–water partition coefficient (Wildman–Crippen LogP) is 2.54. The van der Waals surface area contributed by atoms with Crippen molar-refractivity contribution in [3.63, 3.8) is 0 Å². The fourth-order valence-electron chi connectivity index (χ4n) is 2.97. The summed E-state index contributed by atoms with van der Waals surface area (Å²) in [5.74, 6) is 1.37. The highest BCUT2D eigenvalue weighted by molar-refractivity contribution is 7.89. The molecule has 1 atom stereocenters. The Morgan fingerprint density at radius 1 is 1.21 bits per heavy atom. The van der Waals surface area contributed by atoms with E-state index < -0.39 is 10.0 Å². The molecule has 24 heavy (non-hydrogen) atoms. The summed E-state index contributed by atoms with van der Waals surface area (Å²) in [7, 11) is -1.99. The molecule has 0 fully saturated rings. The molecule has 1 heterocycles. The standard InChI is InChI=1S/C18H21NO4S/c1-3-13-7-4-5-10-17(13)24(20,21)19-15-11-14-8-6-9-16(22-2)18(14)23-12-15/h4-10,15,19H,3,11-12H2,1-2H3. The summed E-state index contributed by atoms with van der Waals surface area (Å²) in [5.41, 5.74) is 1.75. The molecule has 3 rings (SSSR count). The molecule has 0 radical (unpaired) electrons. The van der Waals surface area contributed by atoms with Crippen LogP contribution in [0.15, 0.2) is 47.4 Å². The van der Waals surface area contributed by atoms with Crippen molar-refractivity contribution in [2.75, 3.05) is 13.7 Å². The van der Waals surface area contributed by atoms with Crippen LogP contribution in [-0.4, -0.2) is 28.2 Å². The molecule has 0 aliphatic carbocycles. The number of hydrogen-bond acceptors (Lipinski definition) is 4. The molecule has 1 N–H and O–H groups in total. The van der Waals surface area contributed by atoms with Crippen LogP contribution < -0.4 is 14.2 Å². The van der Waals surface area contributed by atoms with Gasteiger partial charge in [0.05, 0.1) is 18.0 Å². The Morgan fingerprint density at radius 2 is 2.00 bits per heavy atom. The van der Waals surface area contributed by atoms with Crippen LogP contribution in [0.2, 0.25) is 0 Å². The minimum atomic E-state index is -3.58. The van der Waals surface area contributed by atoms with Crippen molar-refractivity contribution in [2.45, 2.75) is 30.7 Å². The number of para-hydroxylation sites is 1. The molecule has 0 saturated carbocycles. The van der Waals surface area contributed by atoms with Crippen LogP contribution >= 0.6 is 0 Å². The zero-order valence-electron chi connectivity index (χ0n) is 13.8. The fraction of sp³-hybridized carbons (Fsp3) is 0.333. The number of ether oxygens (including phenoxy) is 2. The van der Waals surface area contributed by atoms with E-state index in [1.165, 1.54) is 0 Å². The largest absolute Gasteiger partial charge is 0.493 e. The summed E-state index contributed by atoms with van der Waals surface area (Å²) in [6, 6.07) is 12.4. The smallest absolute Gasteiger partial charge is 0.241 e. The van der Waals surface area contributed by atoms with Crippen molar-refractivity contribution >= 4 is 10.0 Å². The van der Waals surface area contributed by atoms with E-state index in [1.807, 2.05) is 37.3 Å². The van der Waals surface area contributed by atoms with Gasteiger partial charge in [0.2, 0.25) is 10.0 Å². The van der Waals surface area contributed by atoms with Crippen molar-refractivity contribution in [2.24, 2.45) is 0 Å². The van der Waals surface area contributed by atoms with Gasteiger partial charge in [-0.05, 0) is 36.1 Å². The molecule has 1 unspecified atom stereocenters. The van der Waals surface area contributed by atoms with Crippen LogP contribution in [0.25, 0.3) is 0 Å². The molecule has 5 nitrogen and oxygen atoms in total. The first-order valence-corrected chi connectivity index (χ1v) is 9.42. The summed E-state index contributed by atoms with van der Waals surface area (Å²) in [6.45, 7) is 2.22. The second-order valence-electron chi connectivity index (χ2n) is 5.74. The van der Waals surface area contributed by atoms with Gasteiger partial charge < -0.3 is 9.47 Å². The summed E-state index contributed by atoms with van der Waals surface area (Å²) in [6.07, 6.45) is 1.23. The minimum Gasteiger partial charge on any atom is -0.493 e. The van der Waals surface area contributed by atoms with E-state index >= 15 is 0 Å². The molecule has 6 heteroatoms. The van der Waals surface area contributed by atoms with E-state index in [9.17, 15) is 8.42 Å². The molecule has 2 aromatic carbocycles. The maximum Gasteiger partial charge on any atom is 0.241 e. The highest BCUT2D eigenvalue weighted by Gasteiger charge is 2.27. The van der Waals surface area contributed by atoms with Gasteiger partial charge in [0, 0.05) is 0 Å². The van der Waals surface area contributed by atoms with E-state index in [4.69, 9.17) is 9.47 Å². The molecule has 1 aliphatic heterocycles. The molecular formula is C18H21NO4S. The third kappa shape index (κ3) is 3.25. The summed E-state index contributed by atoms with van der Waals surface area (Å²) >= 11 is 0. The van der Waals surface area contributed by atoms with Crippen LogP contribution in [0, 0.1) is 0 Å². The number of nitrogens with one attached hydrogen (secondary N) is 1. The summed E-state index contributed by atoms with van der Waals surface area (Å²) in [4.78, 5) is 0.337. The van der Waals surface area contributed by atoms with Crippen molar-refractivity contribution in [1.29, 1.82) is 0 Å². The molecule has 2 aromatic rings. The van der Waals surface area contributed by atoms with Gasteiger partial charge in [-0.15, -0.1) is 0 Å². The first-order valence-electron chi connectivity index (χ1n) is 7.94. The van der Waals surface area contributed by atoms with Crippen LogP contribution in [-0.2, 0) is 22.9 Å². The first-order chi connectivity index (χ1) is 11.5. The van der Waals surface area contributed by atoms with Gasteiger partial charge in [-0.1, -0.05) is 37.3 Å². The number of aryl methyl sites for hydroxylation is 1. The van der Waals surface area contributed by atoms with Crippen molar-refractivity contribution < 1.29 is 17.9 Å². The normalized spacial score (nSPS) is 17.0. The van der Waals surface area contributed by atoms with E-state index in [1.54, 1.807) is 19.2 Å². The average molecular weight is 347 g/mol. The number of benzene rings is 2. The first kappa shape index (κ1) is 16.8. The van der Waals surface area contributed by atoms with Gasteiger partial charge in [-0.3, -0.25) is 0 Å². The topological polar surface area (TPSA) is 64.6 Å². The van der Waals surface area contributed by atoms with Crippen molar-refractivity contribution in [3.05, 3.63) is 53.6 Å². The maximum atomic E-state index is 12.7. The van der Waals surface area contributed by atoms with Gasteiger partial charge in [-0.2, -0.15) is 0 Å². The fourth-order valence-corrected chi connectivity index (χ4v) is 4.50. The second-order valence-corrected chi connectivity index (χ2v) is 7.43. The van der Waals surface area contributed by atoms with Gasteiger partial charge in [0.1, 0.15) is 6.61 Å². The molecule has 0 bridgehead atoms. The lowest BCUT2D eigenvalue weighted by atomic mass is 10.0. The zero-order valence-corrected chi connectivity index (χ0v) is 14.6. The minimum absolute atomic E-state index is 0.279. The highest BCUT2D eigenvalue weighted by atomic mass is 32.2. The van der Waals surface area contributed by atoms with Crippen LogP contribution in [0.4, 0.5) is 0 Å². The predicted molar refractivity (Wildman–Crippen MR) is 92.1 cm³/mol. The van der Waals surface area contributed by atoms with E-state index in [2.05, 4.69) is 4.72 Å². The zero-order chi connectivity index (χ0) is 17.2. The third-order valence-corrected chi connectivity index (χ3v) is 5.76. The molecule has 0 amide bonds. The highest BCUT2D eigenvalue weighted by Crippen LogP contribution is 2.34. The van der Waals surface area contributed by atoms with Gasteiger partial charge in [0.25, 0.3) is 0 Å². The molecule has 1 aliphatic rings. The Hall–Kier alpha value is -2.05. The van der Waals surface area contributed by atoms with Crippen molar-refractivity contribution in [1.82, 2.24) is 4.72 Å². The quantitative estimate of drug-likeness (QED) is 0.903. The average Bonchev–Trinajstić information content (AvgIpc) is 2.60. The second kappa shape index (κ2) is 6.83.